The van der Waals surface area contributed by atoms with Gasteiger partial charge in [0, 0.05) is 24.5 Å². The molecule has 2 aliphatic heterocycles. The van der Waals surface area contributed by atoms with E-state index >= 15 is 0 Å². The molecule has 0 radical (unpaired) electrons. The molecule has 0 spiro atoms. The number of nitrogens with zero attached hydrogens (tertiary/aromatic N) is 1. The van der Waals surface area contributed by atoms with Gasteiger partial charge in [-0.25, -0.2) is 4.39 Å². The smallest absolute Gasteiger partial charge is 0.146 e. The van der Waals surface area contributed by atoms with E-state index in [0.717, 1.165) is 25.1 Å². The van der Waals surface area contributed by atoms with Crippen molar-refractivity contribution in [2.45, 2.75) is 18.5 Å². The van der Waals surface area contributed by atoms with Crippen molar-refractivity contribution in [3.8, 4) is 0 Å². The molecule has 3 rings (SSSR count). The van der Waals surface area contributed by atoms with Gasteiger partial charge in [-0.3, -0.25) is 0 Å². The van der Waals surface area contributed by atoms with Gasteiger partial charge in [0.25, 0.3) is 0 Å². The second-order valence-corrected chi connectivity index (χ2v) is 5.20. The maximum absolute atomic E-state index is 13.8. The Balaban J connectivity index is 1.99. The highest BCUT2D eigenvalue weighted by Gasteiger charge is 2.38. The molecule has 1 aromatic carbocycles. The Morgan fingerprint density at radius 3 is 3.12 bits per heavy atom. The largest absolute Gasteiger partial charge is 0.379 e. The summed E-state index contributed by atoms with van der Waals surface area (Å²) in [5.41, 5.74) is 7.83. The monoisotopic (exact) mass is 235 g/mol. The Morgan fingerprint density at radius 2 is 2.29 bits per heavy atom. The minimum atomic E-state index is -0.185. The lowest BCUT2D eigenvalue weighted by Gasteiger charge is -2.44. The molecule has 0 aliphatic carbocycles. The number of para-hydroxylation sites is 1. The summed E-state index contributed by atoms with van der Waals surface area (Å²) in [5, 5.41) is 3.34. The molecule has 0 bridgehead atoms. The van der Waals surface area contributed by atoms with Gasteiger partial charge >= 0.3 is 0 Å². The number of anilines is 1. The number of piperidine rings is 1. The van der Waals surface area contributed by atoms with Gasteiger partial charge < -0.3 is 16.0 Å². The molecule has 17 heavy (non-hydrogen) atoms. The van der Waals surface area contributed by atoms with Gasteiger partial charge in [0.05, 0.1) is 5.69 Å². The van der Waals surface area contributed by atoms with Gasteiger partial charge in [-0.05, 0) is 31.6 Å². The van der Waals surface area contributed by atoms with E-state index in [0.29, 0.717) is 17.6 Å². The van der Waals surface area contributed by atoms with E-state index < -0.39 is 0 Å². The Morgan fingerprint density at radius 1 is 1.47 bits per heavy atom. The molecule has 2 heterocycles. The van der Waals surface area contributed by atoms with Crippen LogP contribution >= 0.6 is 0 Å². The second kappa shape index (κ2) is 3.96. The highest BCUT2D eigenvalue weighted by Crippen LogP contribution is 2.39. The van der Waals surface area contributed by atoms with Crippen LogP contribution in [0.2, 0.25) is 0 Å². The van der Waals surface area contributed by atoms with Gasteiger partial charge in [-0.1, -0.05) is 12.1 Å². The van der Waals surface area contributed by atoms with Crippen LogP contribution in [0.15, 0.2) is 18.2 Å². The summed E-state index contributed by atoms with van der Waals surface area (Å²) in [6.07, 6.45) is 1.03. The van der Waals surface area contributed by atoms with E-state index in [2.05, 4.69) is 17.3 Å². The predicted molar refractivity (Wildman–Crippen MR) is 66.3 cm³/mol. The van der Waals surface area contributed by atoms with Crippen molar-refractivity contribution >= 4 is 5.69 Å². The van der Waals surface area contributed by atoms with E-state index in [-0.39, 0.29) is 11.9 Å². The van der Waals surface area contributed by atoms with Gasteiger partial charge in [0.2, 0.25) is 0 Å². The SMILES string of the molecule is CN1CCC2Nc3c(F)cccc3C(N)C2C1. The average molecular weight is 235 g/mol. The van der Waals surface area contributed by atoms with Gasteiger partial charge in [0.15, 0.2) is 0 Å². The Hall–Kier alpha value is -1.13. The number of hydrogen-bond donors (Lipinski definition) is 2. The molecule has 0 saturated carbocycles. The Labute approximate surface area is 101 Å². The van der Waals surface area contributed by atoms with Crippen LogP contribution in [0.4, 0.5) is 10.1 Å². The molecule has 4 heteroatoms. The van der Waals surface area contributed by atoms with Crippen molar-refractivity contribution in [2.75, 3.05) is 25.5 Å². The molecule has 0 aromatic heterocycles. The molecule has 0 amide bonds. The first-order valence-electron chi connectivity index (χ1n) is 6.16. The van der Waals surface area contributed by atoms with E-state index in [9.17, 15) is 4.39 Å². The zero-order chi connectivity index (χ0) is 12.0. The zero-order valence-corrected chi connectivity index (χ0v) is 9.99. The first kappa shape index (κ1) is 11.0. The highest BCUT2D eigenvalue weighted by molar-refractivity contribution is 5.57. The van der Waals surface area contributed by atoms with Crippen LogP contribution in [-0.4, -0.2) is 31.1 Å². The lowest BCUT2D eigenvalue weighted by molar-refractivity contribution is 0.167. The van der Waals surface area contributed by atoms with Crippen LogP contribution in [0, 0.1) is 11.7 Å². The minimum Gasteiger partial charge on any atom is -0.379 e. The van der Waals surface area contributed by atoms with Crippen LogP contribution in [0.1, 0.15) is 18.0 Å². The quantitative estimate of drug-likeness (QED) is 0.717. The first-order valence-corrected chi connectivity index (χ1v) is 6.16. The summed E-state index contributed by atoms with van der Waals surface area (Å²) in [5.74, 6) is 0.193. The third kappa shape index (κ3) is 1.72. The fourth-order valence-electron chi connectivity index (χ4n) is 3.08. The Bertz CT molecular complexity index is 435. The third-order valence-electron chi connectivity index (χ3n) is 4.06. The van der Waals surface area contributed by atoms with Crippen LogP contribution in [0.3, 0.4) is 0 Å². The van der Waals surface area contributed by atoms with Crippen LogP contribution in [0.5, 0.6) is 0 Å². The second-order valence-electron chi connectivity index (χ2n) is 5.20. The summed E-state index contributed by atoms with van der Waals surface area (Å²) in [6, 6.07) is 5.41. The van der Waals surface area contributed by atoms with Crippen LogP contribution < -0.4 is 11.1 Å². The number of fused-ring (bicyclic) bond motifs is 2. The number of rotatable bonds is 0. The summed E-state index contributed by atoms with van der Waals surface area (Å²) < 4.78 is 13.8. The molecular weight excluding hydrogens is 217 g/mol. The van der Waals surface area contributed by atoms with E-state index in [4.69, 9.17) is 5.73 Å². The molecule has 1 aromatic rings. The van der Waals surface area contributed by atoms with Crippen molar-refractivity contribution in [3.05, 3.63) is 29.6 Å². The van der Waals surface area contributed by atoms with Crippen molar-refractivity contribution in [3.63, 3.8) is 0 Å². The molecule has 1 saturated heterocycles. The zero-order valence-electron chi connectivity index (χ0n) is 9.99. The molecule has 3 unspecified atom stereocenters. The average Bonchev–Trinajstić information content (AvgIpc) is 2.32. The molecule has 3 atom stereocenters. The first-order chi connectivity index (χ1) is 8.16. The highest BCUT2D eigenvalue weighted by atomic mass is 19.1. The number of likely N-dealkylation sites (tertiary alicyclic amines) is 1. The number of benzene rings is 1. The summed E-state index contributed by atoms with van der Waals surface area (Å²) in [4.78, 5) is 2.30. The molecule has 1 fully saturated rings. The van der Waals surface area contributed by atoms with Gasteiger partial charge in [-0.15, -0.1) is 0 Å². The molecule has 3 nitrogen and oxygen atoms in total. The molecule has 92 valence electrons. The topological polar surface area (TPSA) is 41.3 Å². The summed E-state index contributed by atoms with van der Waals surface area (Å²) in [6.45, 7) is 2.03. The van der Waals surface area contributed by atoms with Crippen LogP contribution in [-0.2, 0) is 0 Å². The van der Waals surface area contributed by atoms with Crippen LogP contribution in [0.25, 0.3) is 0 Å². The fourth-order valence-corrected chi connectivity index (χ4v) is 3.08. The lowest BCUT2D eigenvalue weighted by atomic mass is 9.79. The van der Waals surface area contributed by atoms with E-state index in [1.807, 2.05) is 6.07 Å². The fraction of sp³-hybridized carbons (Fsp3) is 0.538. The maximum Gasteiger partial charge on any atom is 0.146 e. The summed E-state index contributed by atoms with van der Waals surface area (Å²) >= 11 is 0. The summed E-state index contributed by atoms with van der Waals surface area (Å²) in [7, 11) is 2.12. The van der Waals surface area contributed by atoms with E-state index in [1.54, 1.807) is 6.07 Å². The number of halogens is 1. The number of nitrogens with one attached hydrogen (secondary N) is 1. The third-order valence-corrected chi connectivity index (χ3v) is 4.06. The van der Waals surface area contributed by atoms with Crippen molar-refractivity contribution in [1.29, 1.82) is 0 Å². The molecule has 3 N–H and O–H groups in total. The van der Waals surface area contributed by atoms with Crippen molar-refractivity contribution in [2.24, 2.45) is 11.7 Å². The van der Waals surface area contributed by atoms with Crippen molar-refractivity contribution < 1.29 is 4.39 Å². The Kier molecular flexibility index (Phi) is 2.56. The molecule has 2 aliphatic rings. The van der Waals surface area contributed by atoms with E-state index in [1.165, 1.54) is 6.07 Å². The van der Waals surface area contributed by atoms with Crippen molar-refractivity contribution in [1.82, 2.24) is 4.90 Å². The molecular formula is C13H18FN3. The van der Waals surface area contributed by atoms with Gasteiger partial charge in [0.1, 0.15) is 5.82 Å². The van der Waals surface area contributed by atoms with Gasteiger partial charge in [-0.2, -0.15) is 0 Å². The number of hydrogen-bond acceptors (Lipinski definition) is 3. The lowest BCUT2D eigenvalue weighted by Crippen LogP contribution is -2.51. The minimum absolute atomic E-state index is 0.0605. The number of nitrogens with two attached hydrogens (primary N) is 1. The normalized spacial score (nSPS) is 32.5. The maximum atomic E-state index is 13.8. The predicted octanol–water partition coefficient (Wildman–Crippen LogP) is 1.57. The standard InChI is InChI=1S/C13H18FN3/c1-17-6-5-11-9(7-17)12(15)8-3-2-4-10(14)13(8)16-11/h2-4,9,11-12,16H,5-7,15H2,1H3.